The normalized spacial score (nSPS) is 11.9. The van der Waals surface area contributed by atoms with Crippen molar-refractivity contribution in [2.45, 2.75) is 6.18 Å². The molecule has 0 aliphatic heterocycles. The van der Waals surface area contributed by atoms with Crippen molar-refractivity contribution in [1.29, 1.82) is 0 Å². The van der Waals surface area contributed by atoms with Gasteiger partial charge < -0.3 is 4.98 Å². The lowest BCUT2D eigenvalue weighted by Gasteiger charge is -2.05. The summed E-state index contributed by atoms with van der Waals surface area (Å²) in [7, 11) is 0. The summed E-state index contributed by atoms with van der Waals surface area (Å²) in [6.07, 6.45) is 0.0687. The first-order valence-corrected chi connectivity index (χ1v) is 5.50. The van der Waals surface area contributed by atoms with Gasteiger partial charge >= 0.3 is 6.18 Å². The number of nitrogens with one attached hydrogen (secondary N) is 1. The number of aromatic nitrogens is 1. The summed E-state index contributed by atoms with van der Waals surface area (Å²) in [6, 6.07) is 7.93. The SMILES string of the molecule is O=C(/C=C/c1ccc(C(F)(F)F)cc1)c1ccc[nH]1. The van der Waals surface area contributed by atoms with Gasteiger partial charge in [-0.1, -0.05) is 18.2 Å². The van der Waals surface area contributed by atoms with Crippen LogP contribution in [0.2, 0.25) is 0 Å². The van der Waals surface area contributed by atoms with Gasteiger partial charge in [0.15, 0.2) is 0 Å². The van der Waals surface area contributed by atoms with E-state index in [1.807, 2.05) is 0 Å². The van der Waals surface area contributed by atoms with Gasteiger partial charge in [-0.2, -0.15) is 13.2 Å². The lowest BCUT2D eigenvalue weighted by Crippen LogP contribution is -2.04. The standard InChI is InChI=1S/C14H10F3NO/c15-14(16,17)11-6-3-10(4-7-11)5-8-13(19)12-2-1-9-18-12/h1-9,18H/b8-5+. The van der Waals surface area contributed by atoms with E-state index in [-0.39, 0.29) is 5.78 Å². The van der Waals surface area contributed by atoms with Crippen molar-refractivity contribution < 1.29 is 18.0 Å². The minimum absolute atomic E-state index is 0.232. The van der Waals surface area contributed by atoms with Gasteiger partial charge in [-0.3, -0.25) is 4.79 Å². The van der Waals surface area contributed by atoms with Crippen LogP contribution >= 0.6 is 0 Å². The molecule has 19 heavy (non-hydrogen) atoms. The molecule has 2 rings (SSSR count). The predicted octanol–water partition coefficient (Wildman–Crippen LogP) is 3.93. The van der Waals surface area contributed by atoms with E-state index in [0.717, 1.165) is 12.1 Å². The lowest BCUT2D eigenvalue weighted by atomic mass is 10.1. The molecule has 0 aliphatic rings. The maximum absolute atomic E-state index is 12.3. The molecule has 5 heteroatoms. The van der Waals surface area contributed by atoms with Gasteiger partial charge in [0.05, 0.1) is 11.3 Å². The van der Waals surface area contributed by atoms with Crippen LogP contribution in [0.15, 0.2) is 48.7 Å². The Bertz CT molecular complexity index is 580. The number of allylic oxidation sites excluding steroid dienone is 1. The van der Waals surface area contributed by atoms with Gasteiger partial charge in [0.25, 0.3) is 0 Å². The minimum atomic E-state index is -4.34. The van der Waals surface area contributed by atoms with Crippen molar-refractivity contribution in [2.75, 3.05) is 0 Å². The molecule has 0 atom stereocenters. The third-order valence-electron chi connectivity index (χ3n) is 2.53. The average Bonchev–Trinajstić information content (AvgIpc) is 2.89. The highest BCUT2D eigenvalue weighted by Crippen LogP contribution is 2.29. The molecule has 0 amide bonds. The maximum atomic E-state index is 12.3. The van der Waals surface area contributed by atoms with Crippen LogP contribution in [0.1, 0.15) is 21.6 Å². The van der Waals surface area contributed by atoms with Crippen molar-refractivity contribution in [3.05, 3.63) is 65.5 Å². The molecule has 1 aromatic heterocycles. The molecule has 0 fully saturated rings. The fourth-order valence-electron chi connectivity index (χ4n) is 1.53. The van der Waals surface area contributed by atoms with Crippen molar-refractivity contribution in [3.63, 3.8) is 0 Å². The van der Waals surface area contributed by atoms with Crippen LogP contribution < -0.4 is 0 Å². The van der Waals surface area contributed by atoms with Crippen LogP contribution in [0.4, 0.5) is 13.2 Å². The highest BCUT2D eigenvalue weighted by molar-refractivity contribution is 6.05. The van der Waals surface area contributed by atoms with Crippen LogP contribution in [0.25, 0.3) is 6.08 Å². The molecule has 1 N–H and O–H groups in total. The Morgan fingerprint density at radius 2 is 1.79 bits per heavy atom. The van der Waals surface area contributed by atoms with Crippen molar-refractivity contribution in [2.24, 2.45) is 0 Å². The Balaban J connectivity index is 2.10. The van der Waals surface area contributed by atoms with Gasteiger partial charge in [-0.15, -0.1) is 0 Å². The molecular formula is C14H10F3NO. The fraction of sp³-hybridized carbons (Fsp3) is 0.0714. The molecule has 0 spiro atoms. The summed E-state index contributed by atoms with van der Waals surface area (Å²) >= 11 is 0. The molecule has 1 aromatic carbocycles. The molecule has 2 aromatic rings. The highest BCUT2D eigenvalue weighted by Gasteiger charge is 2.29. The largest absolute Gasteiger partial charge is 0.416 e. The monoisotopic (exact) mass is 265 g/mol. The number of rotatable bonds is 3. The second kappa shape index (κ2) is 5.14. The van der Waals surface area contributed by atoms with Crippen molar-refractivity contribution in [1.82, 2.24) is 4.98 Å². The van der Waals surface area contributed by atoms with E-state index in [2.05, 4.69) is 4.98 Å². The first-order valence-electron chi connectivity index (χ1n) is 5.50. The third-order valence-corrected chi connectivity index (χ3v) is 2.53. The van der Waals surface area contributed by atoms with Gasteiger partial charge in [-0.05, 0) is 35.9 Å². The van der Waals surface area contributed by atoms with Crippen LogP contribution in [-0.4, -0.2) is 10.8 Å². The number of hydrogen-bond acceptors (Lipinski definition) is 1. The van der Waals surface area contributed by atoms with Gasteiger partial charge in [0.1, 0.15) is 0 Å². The quantitative estimate of drug-likeness (QED) is 0.662. The Labute approximate surface area is 107 Å². The van der Waals surface area contributed by atoms with E-state index < -0.39 is 11.7 Å². The first kappa shape index (κ1) is 13.1. The number of halogens is 3. The summed E-state index contributed by atoms with van der Waals surface area (Å²) in [6.45, 7) is 0. The topological polar surface area (TPSA) is 32.9 Å². The Hall–Kier alpha value is -2.30. The highest BCUT2D eigenvalue weighted by atomic mass is 19.4. The second-order valence-corrected chi connectivity index (χ2v) is 3.90. The smallest absolute Gasteiger partial charge is 0.359 e. The fourth-order valence-corrected chi connectivity index (χ4v) is 1.53. The van der Waals surface area contributed by atoms with Crippen LogP contribution in [0.5, 0.6) is 0 Å². The number of carbonyl (C=O) groups is 1. The molecule has 1 heterocycles. The summed E-state index contributed by atoms with van der Waals surface area (Å²) in [4.78, 5) is 14.4. The number of aromatic amines is 1. The Morgan fingerprint density at radius 3 is 2.32 bits per heavy atom. The summed E-state index contributed by atoms with van der Waals surface area (Å²) in [5.74, 6) is -0.232. The molecule has 98 valence electrons. The zero-order valence-electron chi connectivity index (χ0n) is 9.74. The number of carbonyl (C=O) groups excluding carboxylic acids is 1. The molecule has 0 bridgehead atoms. The van der Waals surface area contributed by atoms with E-state index in [1.165, 1.54) is 24.3 Å². The molecule has 0 aliphatic carbocycles. The molecule has 0 unspecified atom stereocenters. The maximum Gasteiger partial charge on any atom is 0.416 e. The second-order valence-electron chi connectivity index (χ2n) is 3.90. The van der Waals surface area contributed by atoms with Crippen molar-refractivity contribution >= 4 is 11.9 Å². The predicted molar refractivity (Wildman–Crippen MR) is 65.6 cm³/mol. The number of H-pyrrole nitrogens is 1. The zero-order valence-corrected chi connectivity index (χ0v) is 9.74. The van der Waals surface area contributed by atoms with Gasteiger partial charge in [0.2, 0.25) is 5.78 Å². The summed E-state index contributed by atoms with van der Waals surface area (Å²) in [5, 5.41) is 0. The number of alkyl halides is 3. The van der Waals surface area contributed by atoms with Gasteiger partial charge in [-0.25, -0.2) is 0 Å². The lowest BCUT2D eigenvalue weighted by molar-refractivity contribution is -0.137. The molecule has 0 saturated heterocycles. The zero-order chi connectivity index (χ0) is 13.9. The van der Waals surface area contributed by atoms with Crippen LogP contribution in [0, 0.1) is 0 Å². The van der Waals surface area contributed by atoms with Crippen LogP contribution in [0.3, 0.4) is 0 Å². The van der Waals surface area contributed by atoms with E-state index in [1.54, 1.807) is 18.3 Å². The minimum Gasteiger partial charge on any atom is -0.359 e. The van der Waals surface area contributed by atoms with Crippen LogP contribution in [-0.2, 0) is 6.18 Å². The first-order chi connectivity index (χ1) is 8.97. The molecule has 0 radical (unpaired) electrons. The molecular weight excluding hydrogens is 255 g/mol. The Kier molecular flexibility index (Phi) is 3.55. The number of hydrogen-bond donors (Lipinski definition) is 1. The van der Waals surface area contributed by atoms with E-state index in [9.17, 15) is 18.0 Å². The third kappa shape index (κ3) is 3.34. The molecule has 0 saturated carbocycles. The number of ketones is 1. The number of benzene rings is 1. The summed E-state index contributed by atoms with van der Waals surface area (Å²) in [5.41, 5.74) is 0.261. The summed E-state index contributed by atoms with van der Waals surface area (Å²) < 4.78 is 37.0. The van der Waals surface area contributed by atoms with Gasteiger partial charge in [0, 0.05) is 6.20 Å². The van der Waals surface area contributed by atoms with E-state index in [4.69, 9.17) is 0 Å². The van der Waals surface area contributed by atoms with E-state index in [0.29, 0.717) is 11.3 Å². The molecule has 2 nitrogen and oxygen atoms in total. The Morgan fingerprint density at radius 1 is 1.11 bits per heavy atom. The average molecular weight is 265 g/mol. The van der Waals surface area contributed by atoms with Crippen molar-refractivity contribution in [3.8, 4) is 0 Å². The van der Waals surface area contributed by atoms with E-state index >= 15 is 0 Å².